The van der Waals surface area contributed by atoms with Gasteiger partial charge < -0.3 is 10.6 Å². The molecule has 0 aromatic rings. The van der Waals surface area contributed by atoms with Gasteiger partial charge in [-0.25, -0.2) is 0 Å². The predicted octanol–water partition coefficient (Wildman–Crippen LogP) is 1.83. The van der Waals surface area contributed by atoms with E-state index in [1.807, 2.05) is 6.92 Å². The number of fused-ring (bicyclic) bond motifs is 1. The SMILES string of the molecule is C#CC(CC)NC(=O)C1CCC2CCCCC2N1. The smallest absolute Gasteiger partial charge is 0.238 e. The lowest BCUT2D eigenvalue weighted by molar-refractivity contribution is -0.124. The number of carbonyl (C=O) groups excluding carboxylic acids is 1. The molecule has 0 bridgehead atoms. The van der Waals surface area contributed by atoms with Gasteiger partial charge in [-0.15, -0.1) is 6.42 Å². The predicted molar refractivity (Wildman–Crippen MR) is 73.0 cm³/mol. The Bertz CT molecular complexity index is 334. The van der Waals surface area contributed by atoms with Gasteiger partial charge in [0.2, 0.25) is 5.91 Å². The normalized spacial score (nSPS) is 33.0. The van der Waals surface area contributed by atoms with Crippen LogP contribution in [-0.2, 0) is 4.79 Å². The van der Waals surface area contributed by atoms with Crippen LogP contribution >= 0.6 is 0 Å². The first-order chi connectivity index (χ1) is 8.74. The third-order valence-corrected chi connectivity index (χ3v) is 4.39. The van der Waals surface area contributed by atoms with Crippen LogP contribution in [0, 0.1) is 18.3 Å². The molecule has 3 heteroatoms. The Morgan fingerprint density at radius 2 is 2.17 bits per heavy atom. The van der Waals surface area contributed by atoms with Crippen LogP contribution in [0.3, 0.4) is 0 Å². The summed E-state index contributed by atoms with van der Waals surface area (Å²) in [5.74, 6) is 3.49. The molecule has 2 aliphatic rings. The van der Waals surface area contributed by atoms with Gasteiger partial charge in [-0.3, -0.25) is 4.79 Å². The molecule has 1 saturated carbocycles. The fourth-order valence-corrected chi connectivity index (χ4v) is 3.24. The monoisotopic (exact) mass is 248 g/mol. The minimum atomic E-state index is -0.122. The molecular formula is C15H24N2O. The summed E-state index contributed by atoms with van der Waals surface area (Å²) >= 11 is 0. The molecule has 1 heterocycles. The second kappa shape index (κ2) is 6.24. The van der Waals surface area contributed by atoms with Gasteiger partial charge in [0, 0.05) is 6.04 Å². The van der Waals surface area contributed by atoms with E-state index in [1.165, 1.54) is 32.1 Å². The van der Waals surface area contributed by atoms with Crippen LogP contribution in [0.25, 0.3) is 0 Å². The summed E-state index contributed by atoms with van der Waals surface area (Å²) in [6, 6.07) is 0.393. The van der Waals surface area contributed by atoms with Gasteiger partial charge in [0.15, 0.2) is 0 Å². The first kappa shape index (κ1) is 13.4. The standard InChI is InChI=1S/C15H24N2O/c1-3-12(4-2)16-15(18)14-10-9-11-7-5-6-8-13(11)17-14/h1,11-14,17H,4-10H2,2H3,(H,16,18). The molecule has 4 atom stereocenters. The van der Waals surface area contributed by atoms with Gasteiger partial charge in [-0.2, -0.15) is 0 Å². The zero-order chi connectivity index (χ0) is 13.0. The molecule has 2 rings (SSSR count). The Morgan fingerprint density at radius 1 is 1.39 bits per heavy atom. The topological polar surface area (TPSA) is 41.1 Å². The molecule has 4 unspecified atom stereocenters. The quantitative estimate of drug-likeness (QED) is 0.748. The van der Waals surface area contributed by atoms with Gasteiger partial charge in [-0.1, -0.05) is 25.7 Å². The number of rotatable bonds is 3. The lowest BCUT2D eigenvalue weighted by Crippen LogP contribution is -2.56. The van der Waals surface area contributed by atoms with Crippen molar-refractivity contribution in [3.05, 3.63) is 0 Å². The fraction of sp³-hybridized carbons (Fsp3) is 0.800. The number of hydrogen-bond donors (Lipinski definition) is 2. The first-order valence-electron chi connectivity index (χ1n) is 7.27. The van der Waals surface area contributed by atoms with E-state index >= 15 is 0 Å². The summed E-state index contributed by atoms with van der Waals surface area (Å²) < 4.78 is 0. The lowest BCUT2D eigenvalue weighted by Gasteiger charge is -2.40. The number of carbonyl (C=O) groups is 1. The average Bonchev–Trinajstić information content (AvgIpc) is 2.44. The zero-order valence-corrected chi connectivity index (χ0v) is 11.2. The summed E-state index contributed by atoms with van der Waals surface area (Å²) in [5.41, 5.74) is 0. The van der Waals surface area contributed by atoms with E-state index in [2.05, 4.69) is 16.6 Å². The van der Waals surface area contributed by atoms with E-state index in [9.17, 15) is 4.79 Å². The lowest BCUT2D eigenvalue weighted by atomic mass is 9.77. The summed E-state index contributed by atoms with van der Waals surface area (Å²) in [6.07, 6.45) is 13.5. The Labute approximate surface area is 110 Å². The third kappa shape index (κ3) is 3.05. The molecule has 100 valence electrons. The van der Waals surface area contributed by atoms with Crippen LogP contribution in [0.5, 0.6) is 0 Å². The van der Waals surface area contributed by atoms with Crippen molar-refractivity contribution >= 4 is 5.91 Å². The van der Waals surface area contributed by atoms with Crippen molar-refractivity contribution in [2.24, 2.45) is 5.92 Å². The van der Waals surface area contributed by atoms with Crippen molar-refractivity contribution < 1.29 is 4.79 Å². The molecular weight excluding hydrogens is 224 g/mol. The van der Waals surface area contributed by atoms with E-state index in [0.29, 0.717) is 6.04 Å². The molecule has 0 aromatic carbocycles. The van der Waals surface area contributed by atoms with Crippen LogP contribution < -0.4 is 10.6 Å². The Morgan fingerprint density at radius 3 is 2.89 bits per heavy atom. The first-order valence-corrected chi connectivity index (χ1v) is 7.27. The van der Waals surface area contributed by atoms with E-state index in [-0.39, 0.29) is 18.0 Å². The molecule has 1 aliphatic heterocycles. The zero-order valence-electron chi connectivity index (χ0n) is 11.2. The fourth-order valence-electron chi connectivity index (χ4n) is 3.24. The molecule has 1 saturated heterocycles. The number of nitrogens with one attached hydrogen (secondary N) is 2. The summed E-state index contributed by atoms with van der Waals surface area (Å²) in [7, 11) is 0. The highest BCUT2D eigenvalue weighted by molar-refractivity contribution is 5.82. The maximum atomic E-state index is 12.1. The molecule has 1 aliphatic carbocycles. The number of amides is 1. The Balaban J connectivity index is 1.86. The number of hydrogen-bond acceptors (Lipinski definition) is 2. The van der Waals surface area contributed by atoms with Crippen LogP contribution in [0.4, 0.5) is 0 Å². The van der Waals surface area contributed by atoms with Gasteiger partial charge in [0.25, 0.3) is 0 Å². The number of piperidine rings is 1. The van der Waals surface area contributed by atoms with Crippen molar-refractivity contribution in [1.82, 2.24) is 10.6 Å². The van der Waals surface area contributed by atoms with E-state index in [0.717, 1.165) is 18.8 Å². The van der Waals surface area contributed by atoms with Gasteiger partial charge in [0.05, 0.1) is 12.1 Å². The molecule has 0 radical (unpaired) electrons. The average molecular weight is 248 g/mol. The van der Waals surface area contributed by atoms with Gasteiger partial charge in [0.1, 0.15) is 0 Å². The summed E-state index contributed by atoms with van der Waals surface area (Å²) in [4.78, 5) is 12.1. The minimum absolute atomic E-state index is 0.0354. The maximum Gasteiger partial charge on any atom is 0.238 e. The molecule has 18 heavy (non-hydrogen) atoms. The maximum absolute atomic E-state index is 12.1. The molecule has 2 N–H and O–H groups in total. The second-order valence-corrected chi connectivity index (χ2v) is 5.58. The number of terminal acetylenes is 1. The molecule has 0 aromatic heterocycles. The van der Waals surface area contributed by atoms with Crippen molar-refractivity contribution in [2.75, 3.05) is 0 Å². The molecule has 1 amide bonds. The molecule has 3 nitrogen and oxygen atoms in total. The van der Waals surface area contributed by atoms with Crippen molar-refractivity contribution in [1.29, 1.82) is 0 Å². The van der Waals surface area contributed by atoms with Crippen LogP contribution in [0.15, 0.2) is 0 Å². The van der Waals surface area contributed by atoms with Crippen LogP contribution in [0.1, 0.15) is 51.9 Å². The highest BCUT2D eigenvalue weighted by atomic mass is 16.2. The van der Waals surface area contributed by atoms with Crippen molar-refractivity contribution in [3.8, 4) is 12.3 Å². The van der Waals surface area contributed by atoms with Crippen LogP contribution in [-0.4, -0.2) is 24.0 Å². The summed E-state index contributed by atoms with van der Waals surface area (Å²) in [6.45, 7) is 2.00. The van der Waals surface area contributed by atoms with E-state index in [1.54, 1.807) is 0 Å². The van der Waals surface area contributed by atoms with E-state index in [4.69, 9.17) is 6.42 Å². The highest BCUT2D eigenvalue weighted by Gasteiger charge is 2.34. The largest absolute Gasteiger partial charge is 0.341 e. The van der Waals surface area contributed by atoms with Gasteiger partial charge in [-0.05, 0) is 38.0 Å². The molecule has 0 spiro atoms. The van der Waals surface area contributed by atoms with Crippen molar-refractivity contribution in [2.45, 2.75) is 70.0 Å². The van der Waals surface area contributed by atoms with E-state index < -0.39 is 0 Å². The summed E-state index contributed by atoms with van der Waals surface area (Å²) in [5, 5.41) is 6.47. The van der Waals surface area contributed by atoms with Crippen LogP contribution in [0.2, 0.25) is 0 Å². The second-order valence-electron chi connectivity index (χ2n) is 5.58. The Kier molecular flexibility index (Phi) is 4.66. The third-order valence-electron chi connectivity index (χ3n) is 4.39. The van der Waals surface area contributed by atoms with Crippen molar-refractivity contribution in [3.63, 3.8) is 0 Å². The minimum Gasteiger partial charge on any atom is -0.341 e. The Hall–Kier alpha value is -1.01. The van der Waals surface area contributed by atoms with Gasteiger partial charge >= 0.3 is 0 Å². The highest BCUT2D eigenvalue weighted by Crippen LogP contribution is 2.32. The molecule has 2 fully saturated rings.